The van der Waals surface area contributed by atoms with Crippen LogP contribution in [-0.4, -0.2) is 90.1 Å². The van der Waals surface area contributed by atoms with E-state index >= 15 is 0 Å². The highest BCUT2D eigenvalue weighted by Crippen LogP contribution is 2.40. The quantitative estimate of drug-likeness (QED) is 0.175. The number of nitrogens with zero attached hydrogens (tertiary/aromatic N) is 2. The van der Waals surface area contributed by atoms with E-state index < -0.39 is 35.9 Å². The number of hydrogen-bond acceptors (Lipinski definition) is 7. The minimum absolute atomic E-state index is 0.0437. The number of ketones is 1. The van der Waals surface area contributed by atoms with Gasteiger partial charge in [0.2, 0.25) is 23.6 Å². The van der Waals surface area contributed by atoms with E-state index in [4.69, 9.17) is 11.5 Å². The highest BCUT2D eigenvalue weighted by molar-refractivity contribution is 5.94. The summed E-state index contributed by atoms with van der Waals surface area (Å²) in [7, 11) is 0. The molecule has 0 aliphatic carbocycles. The first kappa shape index (κ1) is 38.7. The summed E-state index contributed by atoms with van der Waals surface area (Å²) < 4.78 is 0. The topological polar surface area (TPSA) is 168 Å². The van der Waals surface area contributed by atoms with Gasteiger partial charge < -0.3 is 31.9 Å². The first-order valence-corrected chi connectivity index (χ1v) is 18.1. The molecule has 6 N–H and O–H groups in total. The van der Waals surface area contributed by atoms with Crippen molar-refractivity contribution < 1.29 is 24.0 Å². The molecule has 2 aromatic rings. The van der Waals surface area contributed by atoms with Gasteiger partial charge in [-0.25, -0.2) is 0 Å². The Morgan fingerprint density at radius 1 is 0.800 bits per heavy atom. The van der Waals surface area contributed by atoms with Crippen LogP contribution >= 0.6 is 0 Å². The van der Waals surface area contributed by atoms with Crippen molar-refractivity contribution in [2.75, 3.05) is 32.7 Å². The lowest BCUT2D eigenvalue weighted by Crippen LogP contribution is -2.64. The van der Waals surface area contributed by atoms with E-state index in [-0.39, 0.29) is 35.4 Å². The highest BCUT2D eigenvalue weighted by atomic mass is 16.2. The van der Waals surface area contributed by atoms with Gasteiger partial charge in [0, 0.05) is 50.9 Å². The Morgan fingerprint density at radius 2 is 1.38 bits per heavy atom. The average Bonchev–Trinajstić information content (AvgIpc) is 3.54. The van der Waals surface area contributed by atoms with Crippen molar-refractivity contribution in [3.8, 4) is 0 Å². The predicted octanol–water partition coefficient (Wildman–Crippen LogP) is 2.60. The zero-order valence-electron chi connectivity index (χ0n) is 29.9. The number of carbonyl (C=O) groups excluding carboxylic acids is 5. The Labute approximate surface area is 296 Å². The molecule has 2 heterocycles. The van der Waals surface area contributed by atoms with E-state index in [0.717, 1.165) is 17.5 Å². The summed E-state index contributed by atoms with van der Waals surface area (Å²) in [5.41, 5.74) is 13.8. The molecule has 2 fully saturated rings. The van der Waals surface area contributed by atoms with Crippen molar-refractivity contribution in [2.24, 2.45) is 28.7 Å². The van der Waals surface area contributed by atoms with Gasteiger partial charge in [-0.3, -0.25) is 24.0 Å². The van der Waals surface area contributed by atoms with Gasteiger partial charge in [-0.2, -0.15) is 0 Å². The van der Waals surface area contributed by atoms with Gasteiger partial charge in [0.15, 0.2) is 5.78 Å². The summed E-state index contributed by atoms with van der Waals surface area (Å²) in [6.45, 7) is 8.41. The molecular formula is C39H56N6O5. The van der Waals surface area contributed by atoms with Crippen LogP contribution in [0.25, 0.3) is 0 Å². The summed E-state index contributed by atoms with van der Waals surface area (Å²) in [5.74, 6) is -1.84. The predicted molar refractivity (Wildman–Crippen MR) is 193 cm³/mol. The number of likely N-dealkylation sites (tertiary alicyclic amines) is 2. The molecule has 1 spiro atoms. The van der Waals surface area contributed by atoms with E-state index in [9.17, 15) is 24.0 Å². The Balaban J connectivity index is 1.45. The number of amides is 4. The molecule has 0 bridgehead atoms. The zero-order chi connectivity index (χ0) is 36.3. The number of unbranched alkanes of at least 4 members (excludes halogenated alkanes) is 1. The minimum atomic E-state index is -0.902. The van der Waals surface area contributed by atoms with E-state index in [1.165, 1.54) is 0 Å². The van der Waals surface area contributed by atoms with E-state index in [1.807, 2.05) is 79.4 Å². The molecule has 0 aromatic heterocycles. The highest BCUT2D eigenvalue weighted by Gasteiger charge is 2.50. The van der Waals surface area contributed by atoms with Crippen LogP contribution in [0.3, 0.4) is 0 Å². The molecule has 4 rings (SSSR count). The maximum Gasteiger partial charge on any atom is 0.245 e. The molecule has 272 valence electrons. The molecule has 0 radical (unpaired) electrons. The van der Waals surface area contributed by atoms with Crippen LogP contribution in [-0.2, 0) is 36.8 Å². The number of benzene rings is 2. The van der Waals surface area contributed by atoms with Crippen molar-refractivity contribution in [1.29, 1.82) is 0 Å². The monoisotopic (exact) mass is 688 g/mol. The second-order valence-corrected chi connectivity index (χ2v) is 14.8. The van der Waals surface area contributed by atoms with Crippen LogP contribution in [0.15, 0.2) is 60.7 Å². The minimum Gasteiger partial charge on any atom is -0.344 e. The van der Waals surface area contributed by atoms with Crippen LogP contribution < -0.4 is 22.1 Å². The lowest BCUT2D eigenvalue weighted by molar-refractivity contribution is -0.147. The second-order valence-electron chi connectivity index (χ2n) is 14.8. The fourth-order valence-corrected chi connectivity index (χ4v) is 7.15. The Hall–Kier alpha value is -4.09. The maximum absolute atomic E-state index is 14.0. The zero-order valence-corrected chi connectivity index (χ0v) is 29.9. The van der Waals surface area contributed by atoms with Crippen LogP contribution in [0.4, 0.5) is 0 Å². The molecule has 50 heavy (non-hydrogen) atoms. The standard InChI is InChI=1S/C39H56N6O5/c1-27(2)20-34(37(49)42-33(16-10-11-18-40)38(50)45-25-39(26-45)17-19-44(24-39)28(3)46)43-36(48)31(21-29-12-6-4-7-13-29)23-35(47)32(41)22-30-14-8-5-9-15-30/h4-9,12-15,27,31-34H,10-11,16-26,40-41H2,1-3H3,(H,42,49)(H,43,48)/t31-,32+,33+,34+/m0/s1. The molecule has 2 aliphatic rings. The largest absolute Gasteiger partial charge is 0.344 e. The smallest absolute Gasteiger partial charge is 0.245 e. The van der Waals surface area contributed by atoms with Crippen LogP contribution in [0.5, 0.6) is 0 Å². The fourth-order valence-electron chi connectivity index (χ4n) is 7.15. The number of rotatable bonds is 18. The third-order valence-electron chi connectivity index (χ3n) is 10.0. The number of carbonyl (C=O) groups is 5. The van der Waals surface area contributed by atoms with E-state index in [2.05, 4.69) is 10.6 Å². The molecule has 4 atom stereocenters. The van der Waals surface area contributed by atoms with Crippen molar-refractivity contribution >= 4 is 29.4 Å². The first-order valence-electron chi connectivity index (χ1n) is 18.1. The lowest BCUT2D eigenvalue weighted by atomic mass is 9.78. The Morgan fingerprint density at radius 3 is 1.94 bits per heavy atom. The van der Waals surface area contributed by atoms with Gasteiger partial charge in [0.25, 0.3) is 0 Å². The molecule has 11 heteroatoms. The number of nitrogens with two attached hydrogens (primary N) is 2. The second kappa shape index (κ2) is 18.2. The third-order valence-corrected chi connectivity index (χ3v) is 10.0. The average molecular weight is 689 g/mol. The van der Waals surface area contributed by atoms with Crippen molar-refractivity contribution in [3.05, 3.63) is 71.8 Å². The summed E-state index contributed by atoms with van der Waals surface area (Å²) in [4.78, 5) is 70.5. The van der Waals surface area contributed by atoms with E-state index in [0.29, 0.717) is 71.2 Å². The molecule has 11 nitrogen and oxygen atoms in total. The SMILES string of the molecule is CC(=O)N1CCC2(C1)CN(C(=O)[C@@H](CCCCN)NC(=O)[C@@H](CC(C)C)NC(=O)[C@H](CC(=O)[C@H](N)Cc1ccccc1)Cc1ccccc1)C2. The van der Waals surface area contributed by atoms with Crippen LogP contribution in [0.1, 0.15) is 70.4 Å². The van der Waals surface area contributed by atoms with Crippen molar-refractivity contribution in [1.82, 2.24) is 20.4 Å². The molecule has 0 unspecified atom stereocenters. The Kier molecular flexibility index (Phi) is 14.1. The summed E-state index contributed by atoms with van der Waals surface area (Å²) in [5, 5.41) is 5.94. The summed E-state index contributed by atoms with van der Waals surface area (Å²) >= 11 is 0. The normalized spacial score (nSPS) is 17.5. The lowest BCUT2D eigenvalue weighted by Gasteiger charge is -2.49. The molecule has 2 aliphatic heterocycles. The fraction of sp³-hybridized carbons (Fsp3) is 0.564. The van der Waals surface area contributed by atoms with Gasteiger partial charge in [-0.1, -0.05) is 74.5 Å². The molecule has 4 amide bonds. The van der Waals surface area contributed by atoms with Crippen molar-refractivity contribution in [3.63, 3.8) is 0 Å². The van der Waals surface area contributed by atoms with Gasteiger partial charge in [0.1, 0.15) is 12.1 Å². The number of hydrogen-bond donors (Lipinski definition) is 4. The van der Waals surface area contributed by atoms with Gasteiger partial charge >= 0.3 is 0 Å². The molecular weight excluding hydrogens is 632 g/mol. The number of nitrogens with one attached hydrogen (secondary N) is 2. The molecule has 0 saturated carbocycles. The first-order chi connectivity index (χ1) is 23.9. The van der Waals surface area contributed by atoms with E-state index in [1.54, 1.807) is 11.8 Å². The molecule has 2 aromatic carbocycles. The maximum atomic E-state index is 14.0. The van der Waals surface area contributed by atoms with Gasteiger partial charge in [-0.05, 0) is 68.5 Å². The summed E-state index contributed by atoms with van der Waals surface area (Å²) in [6.07, 6.45) is 3.62. The van der Waals surface area contributed by atoms with Crippen molar-refractivity contribution in [2.45, 2.75) is 90.3 Å². The summed E-state index contributed by atoms with van der Waals surface area (Å²) in [6, 6.07) is 16.6. The van der Waals surface area contributed by atoms with Gasteiger partial charge in [-0.15, -0.1) is 0 Å². The molecule has 2 saturated heterocycles. The number of Topliss-reactive ketones (excluding diaryl/α,β-unsaturated/α-hetero) is 1. The van der Waals surface area contributed by atoms with Crippen LogP contribution in [0, 0.1) is 17.3 Å². The Bertz CT molecular complexity index is 1450. The van der Waals surface area contributed by atoms with Gasteiger partial charge in [0.05, 0.1) is 6.04 Å². The van der Waals surface area contributed by atoms with Crippen LogP contribution in [0.2, 0.25) is 0 Å². The third kappa shape index (κ3) is 11.0.